The van der Waals surface area contributed by atoms with Gasteiger partial charge in [0.25, 0.3) is 0 Å². The highest BCUT2D eigenvalue weighted by Crippen LogP contribution is 2.28. The number of nitrogens with two attached hydrogens (primary N) is 2. The first-order chi connectivity index (χ1) is 8.24. The van der Waals surface area contributed by atoms with Crippen LogP contribution in [0.25, 0.3) is 0 Å². The molecule has 4 N–H and O–H groups in total. The van der Waals surface area contributed by atoms with Crippen LogP contribution in [-0.4, -0.2) is 29.9 Å². The van der Waals surface area contributed by atoms with E-state index in [1.807, 2.05) is 30.3 Å². The van der Waals surface area contributed by atoms with E-state index in [-0.39, 0.29) is 18.0 Å². The number of hydrogen-bond acceptors (Lipinski definition) is 3. The maximum Gasteiger partial charge on any atom is 0.234 e. The van der Waals surface area contributed by atoms with Crippen LogP contribution in [0, 0.1) is 0 Å². The van der Waals surface area contributed by atoms with Crippen LogP contribution in [0.4, 0.5) is 0 Å². The lowest BCUT2D eigenvalue weighted by Gasteiger charge is -2.31. The number of carbonyl (C=O) groups is 1. The molecule has 0 saturated carbocycles. The highest BCUT2D eigenvalue weighted by atomic mass is 16.1. The first kappa shape index (κ1) is 12.1. The molecule has 0 aromatic heterocycles. The number of amides is 1. The number of rotatable bonds is 4. The summed E-state index contributed by atoms with van der Waals surface area (Å²) in [6.45, 7) is 1.40. The molecule has 1 heterocycles. The van der Waals surface area contributed by atoms with Crippen molar-refractivity contribution in [2.24, 2.45) is 11.5 Å². The van der Waals surface area contributed by atoms with Gasteiger partial charge >= 0.3 is 0 Å². The third kappa shape index (κ3) is 2.48. The Balaban J connectivity index is 2.21. The Labute approximate surface area is 102 Å². The van der Waals surface area contributed by atoms with Crippen molar-refractivity contribution in [1.82, 2.24) is 4.90 Å². The average molecular weight is 233 g/mol. The van der Waals surface area contributed by atoms with Gasteiger partial charge in [-0.05, 0) is 24.9 Å². The van der Waals surface area contributed by atoms with Gasteiger partial charge < -0.3 is 11.5 Å². The molecular formula is C13H19N3O. The van der Waals surface area contributed by atoms with Crippen molar-refractivity contribution in [2.75, 3.05) is 13.1 Å². The molecule has 4 heteroatoms. The maximum absolute atomic E-state index is 11.4. The van der Waals surface area contributed by atoms with Crippen LogP contribution in [0.3, 0.4) is 0 Å². The van der Waals surface area contributed by atoms with Crippen molar-refractivity contribution in [3.05, 3.63) is 35.9 Å². The molecule has 0 bridgehead atoms. The minimum atomic E-state index is -0.239. The molecule has 1 saturated heterocycles. The second-order valence-electron chi connectivity index (χ2n) is 4.46. The summed E-state index contributed by atoms with van der Waals surface area (Å²) in [4.78, 5) is 13.5. The minimum Gasteiger partial charge on any atom is -0.368 e. The van der Waals surface area contributed by atoms with Gasteiger partial charge in [0, 0.05) is 12.6 Å². The van der Waals surface area contributed by atoms with Gasteiger partial charge in [-0.2, -0.15) is 0 Å². The van der Waals surface area contributed by atoms with Crippen LogP contribution >= 0.6 is 0 Å². The van der Waals surface area contributed by atoms with Crippen LogP contribution in [0.1, 0.15) is 24.4 Å². The van der Waals surface area contributed by atoms with E-state index >= 15 is 0 Å². The summed E-state index contributed by atoms with van der Waals surface area (Å²) in [6.07, 6.45) is 1.86. The molecule has 0 aliphatic carbocycles. The summed E-state index contributed by atoms with van der Waals surface area (Å²) in [5.74, 6) is -0.239. The number of carbonyl (C=O) groups excluding carboxylic acids is 1. The van der Waals surface area contributed by atoms with Crippen LogP contribution < -0.4 is 11.5 Å². The second kappa shape index (κ2) is 5.29. The zero-order valence-electron chi connectivity index (χ0n) is 9.88. The Morgan fingerprint density at radius 3 is 2.71 bits per heavy atom. The van der Waals surface area contributed by atoms with Crippen LogP contribution in [0.5, 0.6) is 0 Å². The van der Waals surface area contributed by atoms with Gasteiger partial charge in [-0.25, -0.2) is 0 Å². The van der Waals surface area contributed by atoms with Crippen LogP contribution in [0.2, 0.25) is 0 Å². The molecule has 17 heavy (non-hydrogen) atoms. The number of primary amides is 1. The highest BCUT2D eigenvalue weighted by molar-refractivity contribution is 5.80. The lowest BCUT2D eigenvalue weighted by molar-refractivity contribution is -0.122. The molecule has 0 spiro atoms. The Morgan fingerprint density at radius 2 is 2.12 bits per heavy atom. The lowest BCUT2D eigenvalue weighted by atomic mass is 10.0. The molecule has 2 rings (SSSR count). The number of benzene rings is 1. The molecular weight excluding hydrogens is 214 g/mol. The van der Waals surface area contributed by atoms with Crippen molar-refractivity contribution in [1.29, 1.82) is 0 Å². The largest absolute Gasteiger partial charge is 0.368 e. The average Bonchev–Trinajstić information content (AvgIpc) is 2.81. The fraction of sp³-hybridized carbons (Fsp3) is 0.462. The van der Waals surface area contributed by atoms with Crippen molar-refractivity contribution < 1.29 is 4.79 Å². The predicted octanol–water partition coefficient (Wildman–Crippen LogP) is 0.636. The van der Waals surface area contributed by atoms with E-state index in [9.17, 15) is 4.79 Å². The second-order valence-corrected chi connectivity index (χ2v) is 4.46. The van der Waals surface area contributed by atoms with Gasteiger partial charge in [0.1, 0.15) is 0 Å². The van der Waals surface area contributed by atoms with Crippen LogP contribution in [-0.2, 0) is 4.79 Å². The van der Waals surface area contributed by atoms with Gasteiger partial charge in [-0.3, -0.25) is 9.69 Å². The molecule has 1 fully saturated rings. The Morgan fingerprint density at radius 1 is 1.41 bits per heavy atom. The van der Waals surface area contributed by atoms with E-state index in [1.165, 1.54) is 0 Å². The first-order valence-corrected chi connectivity index (χ1v) is 6.04. The molecule has 2 atom stereocenters. The molecule has 0 radical (unpaired) electrons. The molecule has 4 nitrogen and oxygen atoms in total. The standard InChI is InChI=1S/C13H19N3O/c14-9-12(10-5-2-1-3-6-10)16-8-4-7-11(16)13(15)17/h1-3,5-6,11-12H,4,7-9,14H2,(H2,15,17). The molecule has 1 aromatic carbocycles. The molecule has 1 amide bonds. The van der Waals surface area contributed by atoms with Gasteiger partial charge in [-0.15, -0.1) is 0 Å². The lowest BCUT2D eigenvalue weighted by Crippen LogP contribution is -2.44. The van der Waals surface area contributed by atoms with Crippen molar-refractivity contribution in [3.8, 4) is 0 Å². The van der Waals surface area contributed by atoms with Gasteiger partial charge in [0.2, 0.25) is 5.91 Å². The molecule has 1 aliphatic rings. The third-order valence-electron chi connectivity index (χ3n) is 3.43. The zero-order chi connectivity index (χ0) is 12.3. The van der Waals surface area contributed by atoms with E-state index < -0.39 is 0 Å². The van der Waals surface area contributed by atoms with Crippen molar-refractivity contribution in [3.63, 3.8) is 0 Å². The molecule has 2 unspecified atom stereocenters. The number of hydrogen-bond donors (Lipinski definition) is 2. The topological polar surface area (TPSA) is 72.3 Å². The SMILES string of the molecule is NCC(c1ccccc1)N1CCCC1C(N)=O. The fourth-order valence-corrected chi connectivity index (χ4v) is 2.61. The number of likely N-dealkylation sites (tertiary alicyclic amines) is 1. The fourth-order valence-electron chi connectivity index (χ4n) is 2.61. The predicted molar refractivity (Wildman–Crippen MR) is 67.2 cm³/mol. The highest BCUT2D eigenvalue weighted by Gasteiger charge is 2.34. The van der Waals surface area contributed by atoms with Crippen LogP contribution in [0.15, 0.2) is 30.3 Å². The monoisotopic (exact) mass is 233 g/mol. The molecule has 1 aliphatic heterocycles. The summed E-state index contributed by atoms with van der Waals surface area (Å²) < 4.78 is 0. The van der Waals surface area contributed by atoms with E-state index in [0.29, 0.717) is 6.54 Å². The first-order valence-electron chi connectivity index (χ1n) is 6.04. The Hall–Kier alpha value is -1.39. The number of nitrogens with zero attached hydrogens (tertiary/aromatic N) is 1. The smallest absolute Gasteiger partial charge is 0.234 e. The Kier molecular flexibility index (Phi) is 3.76. The summed E-state index contributed by atoms with van der Waals surface area (Å²) in [7, 11) is 0. The van der Waals surface area contributed by atoms with E-state index in [0.717, 1.165) is 24.9 Å². The molecule has 92 valence electrons. The van der Waals surface area contributed by atoms with E-state index in [2.05, 4.69) is 4.90 Å². The zero-order valence-corrected chi connectivity index (χ0v) is 9.88. The summed E-state index contributed by atoms with van der Waals surface area (Å²) in [6, 6.07) is 10.00. The summed E-state index contributed by atoms with van der Waals surface area (Å²) in [5, 5.41) is 0. The van der Waals surface area contributed by atoms with E-state index in [4.69, 9.17) is 11.5 Å². The van der Waals surface area contributed by atoms with Gasteiger partial charge in [-0.1, -0.05) is 30.3 Å². The minimum absolute atomic E-state index is 0.0937. The van der Waals surface area contributed by atoms with Gasteiger partial charge in [0.05, 0.1) is 6.04 Å². The third-order valence-corrected chi connectivity index (χ3v) is 3.43. The van der Waals surface area contributed by atoms with Crippen molar-refractivity contribution in [2.45, 2.75) is 24.9 Å². The Bertz CT molecular complexity index is 380. The summed E-state index contributed by atoms with van der Waals surface area (Å²) >= 11 is 0. The van der Waals surface area contributed by atoms with Crippen molar-refractivity contribution >= 4 is 5.91 Å². The molecule has 1 aromatic rings. The maximum atomic E-state index is 11.4. The normalized spacial score (nSPS) is 22.5. The quantitative estimate of drug-likeness (QED) is 0.801. The van der Waals surface area contributed by atoms with Gasteiger partial charge in [0.15, 0.2) is 0 Å². The van der Waals surface area contributed by atoms with E-state index in [1.54, 1.807) is 0 Å². The summed E-state index contributed by atoms with van der Waals surface area (Å²) in [5.41, 5.74) is 12.4.